The summed E-state index contributed by atoms with van der Waals surface area (Å²) in [5.41, 5.74) is 0.400. The normalized spacial score (nSPS) is 14.7. The number of hydrogen-bond donors (Lipinski definition) is 1. The summed E-state index contributed by atoms with van der Waals surface area (Å²) in [6.45, 7) is 1.82. The van der Waals surface area contributed by atoms with Gasteiger partial charge in [0, 0.05) is 28.9 Å². The van der Waals surface area contributed by atoms with Crippen molar-refractivity contribution in [2.24, 2.45) is 0 Å². The van der Waals surface area contributed by atoms with Gasteiger partial charge in [-0.3, -0.25) is 4.21 Å². The lowest BCUT2D eigenvalue weighted by Crippen LogP contribution is -2.32. The van der Waals surface area contributed by atoms with Crippen LogP contribution >= 0.6 is 0 Å². The molecule has 5 nitrogen and oxygen atoms in total. The summed E-state index contributed by atoms with van der Waals surface area (Å²) in [5.74, 6) is 0. The zero-order valence-corrected chi connectivity index (χ0v) is 11.7. The third-order valence-electron chi connectivity index (χ3n) is 2.42. The van der Waals surface area contributed by atoms with Crippen LogP contribution in [0.4, 0.5) is 0 Å². The number of nitrogens with one attached hydrogen (secondary N) is 1. The Morgan fingerprint density at radius 3 is 2.39 bits per heavy atom. The van der Waals surface area contributed by atoms with Gasteiger partial charge in [-0.2, -0.15) is 5.26 Å². The summed E-state index contributed by atoms with van der Waals surface area (Å²) >= 11 is 0. The average molecular weight is 286 g/mol. The first-order chi connectivity index (χ1) is 8.36. The van der Waals surface area contributed by atoms with E-state index in [0.29, 0.717) is 5.56 Å². The predicted octanol–water partition coefficient (Wildman–Crippen LogP) is 0.604. The molecule has 0 aliphatic carbocycles. The fourth-order valence-corrected chi connectivity index (χ4v) is 2.69. The second-order valence-corrected chi connectivity index (χ2v) is 7.37. The quantitative estimate of drug-likeness (QED) is 0.859. The van der Waals surface area contributed by atoms with Crippen molar-refractivity contribution in [2.45, 2.75) is 17.1 Å². The van der Waals surface area contributed by atoms with Gasteiger partial charge in [-0.1, -0.05) is 0 Å². The minimum atomic E-state index is -3.61. The van der Waals surface area contributed by atoms with E-state index in [1.807, 2.05) is 6.07 Å². The van der Waals surface area contributed by atoms with E-state index in [1.54, 1.807) is 6.92 Å². The van der Waals surface area contributed by atoms with E-state index in [1.165, 1.54) is 30.5 Å². The number of hydrogen-bond acceptors (Lipinski definition) is 4. The van der Waals surface area contributed by atoms with Gasteiger partial charge in [0.1, 0.15) is 0 Å². The molecule has 98 valence electrons. The molecule has 0 radical (unpaired) electrons. The minimum absolute atomic E-state index is 0.0931. The molecule has 1 rings (SSSR count). The van der Waals surface area contributed by atoms with Crippen molar-refractivity contribution in [3.63, 3.8) is 0 Å². The molecule has 18 heavy (non-hydrogen) atoms. The van der Waals surface area contributed by atoms with Gasteiger partial charge in [0.05, 0.1) is 16.5 Å². The highest BCUT2D eigenvalue weighted by molar-refractivity contribution is 7.89. The van der Waals surface area contributed by atoms with Crippen LogP contribution in [0.2, 0.25) is 0 Å². The molecule has 2 unspecified atom stereocenters. The lowest BCUT2D eigenvalue weighted by Gasteiger charge is -2.10. The van der Waals surface area contributed by atoms with Gasteiger partial charge >= 0.3 is 0 Å². The van der Waals surface area contributed by atoms with Gasteiger partial charge in [0.2, 0.25) is 10.0 Å². The van der Waals surface area contributed by atoms with Gasteiger partial charge < -0.3 is 0 Å². The summed E-state index contributed by atoms with van der Waals surface area (Å²) in [6.07, 6.45) is 1.53. The summed E-state index contributed by atoms with van der Waals surface area (Å²) in [6, 6.07) is 7.54. The lowest BCUT2D eigenvalue weighted by molar-refractivity contribution is 0.580. The highest BCUT2D eigenvalue weighted by atomic mass is 32.2. The van der Waals surface area contributed by atoms with Gasteiger partial charge in [-0.25, -0.2) is 13.1 Å². The highest BCUT2D eigenvalue weighted by Gasteiger charge is 2.16. The molecule has 2 atom stereocenters. The van der Waals surface area contributed by atoms with Crippen molar-refractivity contribution in [2.75, 3.05) is 12.8 Å². The van der Waals surface area contributed by atoms with Crippen LogP contribution in [0, 0.1) is 11.3 Å². The van der Waals surface area contributed by atoms with Crippen molar-refractivity contribution < 1.29 is 12.6 Å². The molecule has 1 aromatic carbocycles. The highest BCUT2D eigenvalue weighted by Crippen LogP contribution is 2.10. The summed E-state index contributed by atoms with van der Waals surface area (Å²) in [5, 5.41) is 8.37. The van der Waals surface area contributed by atoms with E-state index in [2.05, 4.69) is 4.72 Å². The first-order valence-electron chi connectivity index (χ1n) is 5.19. The Hall–Kier alpha value is -1.23. The number of sulfonamides is 1. The Morgan fingerprint density at radius 1 is 1.39 bits per heavy atom. The molecule has 0 amide bonds. The maximum atomic E-state index is 11.9. The number of nitrogens with zero attached hydrogens (tertiary/aromatic N) is 1. The molecular weight excluding hydrogens is 272 g/mol. The molecule has 1 N–H and O–H groups in total. The third kappa shape index (κ3) is 3.91. The van der Waals surface area contributed by atoms with Crippen LogP contribution in [-0.4, -0.2) is 30.7 Å². The molecule has 0 saturated carbocycles. The SMILES string of the molecule is CC(CNS(=O)(=O)c1ccc(C#N)cc1)S(C)=O. The van der Waals surface area contributed by atoms with E-state index in [4.69, 9.17) is 5.26 Å². The topological polar surface area (TPSA) is 87.0 Å². The summed E-state index contributed by atoms with van der Waals surface area (Å²) in [7, 11) is -4.68. The molecule has 0 aliphatic heterocycles. The molecule has 0 saturated heterocycles. The van der Waals surface area contributed by atoms with Crippen molar-refractivity contribution in [3.8, 4) is 6.07 Å². The van der Waals surface area contributed by atoms with Gasteiger partial charge in [-0.05, 0) is 31.2 Å². The standard InChI is InChI=1S/C11H14N2O3S2/c1-9(17(2)14)8-13-18(15,16)11-5-3-10(7-12)4-6-11/h3-6,9,13H,8H2,1-2H3. The monoisotopic (exact) mass is 286 g/mol. The van der Waals surface area contributed by atoms with Crippen LogP contribution in [0.5, 0.6) is 0 Å². The lowest BCUT2D eigenvalue weighted by atomic mass is 10.2. The number of nitriles is 1. The summed E-state index contributed by atoms with van der Waals surface area (Å²) in [4.78, 5) is 0.0931. The average Bonchev–Trinajstić information content (AvgIpc) is 2.36. The molecule has 0 spiro atoms. The zero-order chi connectivity index (χ0) is 13.8. The third-order valence-corrected chi connectivity index (χ3v) is 5.16. The van der Waals surface area contributed by atoms with Crippen LogP contribution in [0.3, 0.4) is 0 Å². The second-order valence-electron chi connectivity index (χ2n) is 3.80. The van der Waals surface area contributed by atoms with Crippen molar-refractivity contribution >= 4 is 20.8 Å². The Kier molecular flexibility index (Phi) is 5.02. The Morgan fingerprint density at radius 2 is 1.94 bits per heavy atom. The Bertz CT molecular complexity index is 573. The van der Waals surface area contributed by atoms with E-state index < -0.39 is 20.8 Å². The second kappa shape index (κ2) is 6.09. The van der Waals surface area contributed by atoms with E-state index >= 15 is 0 Å². The zero-order valence-electron chi connectivity index (χ0n) is 10.1. The molecule has 7 heteroatoms. The maximum absolute atomic E-state index is 11.9. The molecule has 1 aromatic rings. The van der Waals surface area contributed by atoms with E-state index in [-0.39, 0.29) is 16.7 Å². The fraction of sp³-hybridized carbons (Fsp3) is 0.364. The van der Waals surface area contributed by atoms with Crippen LogP contribution in [0.25, 0.3) is 0 Å². The number of rotatable bonds is 5. The molecular formula is C11H14N2O3S2. The van der Waals surface area contributed by atoms with Crippen LogP contribution in [0.1, 0.15) is 12.5 Å². The molecule has 0 bridgehead atoms. The summed E-state index contributed by atoms with van der Waals surface area (Å²) < 4.78 is 37.2. The Labute approximate surface area is 109 Å². The molecule has 0 aromatic heterocycles. The minimum Gasteiger partial charge on any atom is -0.260 e. The Balaban J connectivity index is 2.80. The van der Waals surface area contributed by atoms with Crippen molar-refractivity contribution in [3.05, 3.63) is 29.8 Å². The first kappa shape index (κ1) is 14.8. The molecule has 0 aliphatic rings. The number of benzene rings is 1. The predicted molar refractivity (Wildman–Crippen MR) is 69.9 cm³/mol. The molecule has 0 fully saturated rings. The van der Waals surface area contributed by atoms with Crippen LogP contribution in [0.15, 0.2) is 29.2 Å². The van der Waals surface area contributed by atoms with Gasteiger partial charge in [-0.15, -0.1) is 0 Å². The van der Waals surface area contributed by atoms with E-state index in [9.17, 15) is 12.6 Å². The van der Waals surface area contributed by atoms with Crippen molar-refractivity contribution in [1.82, 2.24) is 4.72 Å². The maximum Gasteiger partial charge on any atom is 0.240 e. The van der Waals surface area contributed by atoms with Gasteiger partial charge in [0.25, 0.3) is 0 Å². The van der Waals surface area contributed by atoms with Crippen LogP contribution < -0.4 is 4.72 Å². The molecule has 0 heterocycles. The smallest absolute Gasteiger partial charge is 0.240 e. The largest absolute Gasteiger partial charge is 0.260 e. The van der Waals surface area contributed by atoms with E-state index in [0.717, 1.165) is 0 Å². The fourth-order valence-electron chi connectivity index (χ4n) is 1.14. The van der Waals surface area contributed by atoms with Crippen LogP contribution in [-0.2, 0) is 20.8 Å². The van der Waals surface area contributed by atoms with Gasteiger partial charge in [0.15, 0.2) is 0 Å². The van der Waals surface area contributed by atoms with Crippen molar-refractivity contribution in [1.29, 1.82) is 5.26 Å². The first-order valence-corrected chi connectivity index (χ1v) is 8.29.